The van der Waals surface area contributed by atoms with Crippen LogP contribution in [-0.4, -0.2) is 63.2 Å². The lowest BCUT2D eigenvalue weighted by atomic mass is 9.90. The highest BCUT2D eigenvalue weighted by molar-refractivity contribution is 5.93. The van der Waals surface area contributed by atoms with E-state index in [0.29, 0.717) is 25.2 Å². The summed E-state index contributed by atoms with van der Waals surface area (Å²) in [6.07, 6.45) is 5.65. The average Bonchev–Trinajstić information content (AvgIpc) is 3.39. The summed E-state index contributed by atoms with van der Waals surface area (Å²) in [4.78, 5) is 23.5. The van der Waals surface area contributed by atoms with Crippen molar-refractivity contribution in [1.82, 2.24) is 24.3 Å². The van der Waals surface area contributed by atoms with Crippen LogP contribution in [0.25, 0.3) is 21.9 Å². The summed E-state index contributed by atoms with van der Waals surface area (Å²) in [5.41, 5.74) is 3.97. The van der Waals surface area contributed by atoms with E-state index >= 15 is 4.39 Å². The van der Waals surface area contributed by atoms with Crippen LogP contribution in [-0.2, 0) is 29.7 Å². The molecular weight excluding hydrogens is 594 g/mol. The average molecular weight is 629 g/mol. The van der Waals surface area contributed by atoms with Gasteiger partial charge in [-0.15, -0.1) is 0 Å². The molecule has 46 heavy (non-hydrogen) atoms. The van der Waals surface area contributed by atoms with Gasteiger partial charge in [0.1, 0.15) is 12.4 Å². The number of carbonyl (C=O) groups is 1. The van der Waals surface area contributed by atoms with Gasteiger partial charge in [0.05, 0.1) is 41.9 Å². The third-order valence-electron chi connectivity index (χ3n) is 9.88. The fraction of sp³-hybridized carbons (Fsp3) is 0.412. The molecule has 3 aromatic heterocycles. The van der Waals surface area contributed by atoms with Crippen LogP contribution >= 0.6 is 0 Å². The monoisotopic (exact) mass is 628 g/mol. The van der Waals surface area contributed by atoms with Crippen molar-refractivity contribution in [2.24, 2.45) is 12.5 Å². The largest absolute Gasteiger partial charge is 0.471 e. The molecule has 8 rings (SSSR count). The van der Waals surface area contributed by atoms with Gasteiger partial charge in [-0.25, -0.2) is 18.6 Å². The molecule has 0 amide bonds. The summed E-state index contributed by atoms with van der Waals surface area (Å²) in [5.74, 6) is -0.773. The van der Waals surface area contributed by atoms with Crippen molar-refractivity contribution < 1.29 is 27.8 Å². The Morgan fingerprint density at radius 1 is 1.07 bits per heavy atom. The number of fused-ring (bicyclic) bond motifs is 2. The number of ether oxygens (including phenoxy) is 3. The number of nitrogens with zero attached hydrogens (tertiary/aromatic N) is 6. The minimum absolute atomic E-state index is 0.0437. The number of aromatic nitrogens is 5. The van der Waals surface area contributed by atoms with E-state index in [0.717, 1.165) is 71.7 Å². The Bertz CT molecular complexity index is 1980. The molecule has 2 atom stereocenters. The summed E-state index contributed by atoms with van der Waals surface area (Å²) < 4.78 is 50.3. The maximum absolute atomic E-state index is 15.1. The number of halogens is 2. The molecule has 1 saturated carbocycles. The first-order chi connectivity index (χ1) is 22.3. The van der Waals surface area contributed by atoms with Crippen LogP contribution in [0.3, 0.4) is 0 Å². The number of hydrogen-bond donors (Lipinski definition) is 0. The third kappa shape index (κ3) is 5.04. The molecular formula is C34H34F2N6O4. The molecule has 2 aromatic carbocycles. The lowest BCUT2D eigenvalue weighted by molar-refractivity contribution is -0.0590. The second-order valence-corrected chi connectivity index (χ2v) is 12.7. The topological polar surface area (TPSA) is 96.5 Å². The van der Waals surface area contributed by atoms with Crippen molar-refractivity contribution in [1.29, 1.82) is 0 Å². The van der Waals surface area contributed by atoms with E-state index < -0.39 is 11.6 Å². The Kier molecular flexibility index (Phi) is 6.93. The highest BCUT2D eigenvalue weighted by Gasteiger charge is 2.57. The Morgan fingerprint density at radius 2 is 1.87 bits per heavy atom. The van der Waals surface area contributed by atoms with E-state index in [4.69, 9.17) is 19.2 Å². The number of anilines is 1. The van der Waals surface area contributed by atoms with E-state index in [2.05, 4.69) is 14.6 Å². The second-order valence-electron chi connectivity index (χ2n) is 12.7. The summed E-state index contributed by atoms with van der Waals surface area (Å²) in [7, 11) is 3.23. The van der Waals surface area contributed by atoms with E-state index in [-0.39, 0.29) is 41.7 Å². The number of methoxy groups -OCH3 is 1. The van der Waals surface area contributed by atoms with Gasteiger partial charge in [0, 0.05) is 50.3 Å². The van der Waals surface area contributed by atoms with Gasteiger partial charge in [0.15, 0.2) is 17.5 Å². The minimum atomic E-state index is -0.829. The van der Waals surface area contributed by atoms with Crippen LogP contribution in [0.5, 0.6) is 5.88 Å². The number of pyridine rings is 1. The van der Waals surface area contributed by atoms with Gasteiger partial charge < -0.3 is 23.7 Å². The molecule has 238 valence electrons. The molecule has 1 aliphatic carbocycles. The summed E-state index contributed by atoms with van der Waals surface area (Å²) in [5, 5.41) is 5.32. The van der Waals surface area contributed by atoms with E-state index in [1.165, 1.54) is 7.11 Å². The molecule has 5 heterocycles. The smallest absolute Gasteiger partial charge is 0.337 e. The zero-order valence-corrected chi connectivity index (χ0v) is 25.7. The zero-order valence-electron chi connectivity index (χ0n) is 25.7. The Balaban J connectivity index is 0.987. The third-order valence-corrected chi connectivity index (χ3v) is 9.88. The quantitative estimate of drug-likeness (QED) is 0.207. The fourth-order valence-corrected chi connectivity index (χ4v) is 7.11. The van der Waals surface area contributed by atoms with Gasteiger partial charge in [0.2, 0.25) is 0 Å². The number of imidazole rings is 1. The number of carbonyl (C=O) groups excluding carboxylic acids is 1. The second kappa shape index (κ2) is 11.0. The summed E-state index contributed by atoms with van der Waals surface area (Å²) in [6, 6.07) is 12.0. The molecule has 1 spiro atoms. The van der Waals surface area contributed by atoms with Crippen LogP contribution in [0.15, 0.2) is 48.7 Å². The molecule has 3 fully saturated rings. The molecule has 0 bridgehead atoms. The van der Waals surface area contributed by atoms with E-state index in [1.807, 2.05) is 48.5 Å². The van der Waals surface area contributed by atoms with E-state index in [9.17, 15) is 9.18 Å². The summed E-state index contributed by atoms with van der Waals surface area (Å²) >= 11 is 0. The first-order valence-electron chi connectivity index (χ1n) is 15.7. The number of piperidine rings is 1. The maximum Gasteiger partial charge on any atom is 0.337 e. The van der Waals surface area contributed by atoms with Crippen molar-refractivity contribution in [3.05, 3.63) is 77.2 Å². The number of hydrogen-bond acceptors (Lipinski definition) is 8. The van der Waals surface area contributed by atoms with Crippen molar-refractivity contribution in [2.75, 3.05) is 31.7 Å². The van der Waals surface area contributed by atoms with Gasteiger partial charge in [-0.1, -0.05) is 6.07 Å². The molecule has 0 N–H and O–H groups in total. The van der Waals surface area contributed by atoms with Crippen molar-refractivity contribution in [3.63, 3.8) is 0 Å². The maximum atomic E-state index is 15.1. The van der Waals surface area contributed by atoms with Gasteiger partial charge in [0.25, 0.3) is 5.88 Å². The first kappa shape index (κ1) is 28.9. The normalized spacial score (nSPS) is 20.3. The molecule has 2 aliphatic heterocycles. The zero-order chi connectivity index (χ0) is 31.6. The van der Waals surface area contributed by atoms with Gasteiger partial charge in [-0.3, -0.25) is 4.68 Å². The number of aryl methyl sites for hydroxylation is 1. The number of benzene rings is 2. The molecule has 10 nitrogen and oxygen atoms in total. The summed E-state index contributed by atoms with van der Waals surface area (Å²) in [6.45, 7) is 2.70. The predicted molar refractivity (Wildman–Crippen MR) is 166 cm³/mol. The van der Waals surface area contributed by atoms with Crippen LogP contribution < -0.4 is 9.64 Å². The lowest BCUT2D eigenvalue weighted by Gasteiger charge is -2.34. The van der Waals surface area contributed by atoms with Crippen LogP contribution in [0, 0.1) is 17.0 Å². The first-order valence-corrected chi connectivity index (χ1v) is 15.7. The van der Waals surface area contributed by atoms with Crippen molar-refractivity contribution in [2.45, 2.75) is 50.9 Å². The van der Waals surface area contributed by atoms with Crippen LogP contribution in [0.1, 0.15) is 53.3 Å². The standard InChI is InChI=1S/C34H34F2N6O4/c1-40-17-22-13-20(3-5-27(22)39-40)19-46-32-26(36)15-25(35)31(38-32)41-10-8-34(9-11-41)16-24(34)30-37-28-6-4-21(33(43)44-2)14-29(28)42(30)18-23-7-12-45-23/h3-6,13-15,17,23-24H,7-12,16,18-19H2,1-2H3/t23-,24?/m0/s1. The Morgan fingerprint density at radius 3 is 2.63 bits per heavy atom. The molecule has 3 aliphatic rings. The van der Waals surface area contributed by atoms with Crippen LogP contribution in [0.4, 0.5) is 14.6 Å². The van der Waals surface area contributed by atoms with Crippen molar-refractivity contribution >= 4 is 33.7 Å². The highest BCUT2D eigenvalue weighted by atomic mass is 19.1. The fourth-order valence-electron chi connectivity index (χ4n) is 7.11. The Labute approximate surface area is 263 Å². The predicted octanol–water partition coefficient (Wildman–Crippen LogP) is 5.52. The van der Waals surface area contributed by atoms with Crippen LogP contribution in [0.2, 0.25) is 0 Å². The lowest BCUT2D eigenvalue weighted by Crippen LogP contribution is -2.36. The van der Waals surface area contributed by atoms with E-state index in [1.54, 1.807) is 10.7 Å². The number of esters is 1. The minimum Gasteiger partial charge on any atom is -0.471 e. The SMILES string of the molecule is COC(=O)c1ccc2nc(C3CC34CCN(c3nc(OCc5ccc6nn(C)cc6c5)c(F)cc3F)CC4)n(C[C@@H]3CCO3)c2c1. The Hall–Kier alpha value is -4.58. The highest BCUT2D eigenvalue weighted by Crippen LogP contribution is 2.65. The molecule has 1 unspecified atom stereocenters. The molecule has 12 heteroatoms. The van der Waals surface area contributed by atoms with Gasteiger partial charge in [-0.05, 0) is 67.0 Å². The van der Waals surface area contributed by atoms with Gasteiger partial charge in [-0.2, -0.15) is 10.1 Å². The molecule has 0 radical (unpaired) electrons. The van der Waals surface area contributed by atoms with Crippen molar-refractivity contribution in [3.8, 4) is 5.88 Å². The number of rotatable bonds is 8. The molecule has 5 aromatic rings. The molecule has 2 saturated heterocycles. The van der Waals surface area contributed by atoms with Gasteiger partial charge >= 0.3 is 5.97 Å².